The van der Waals surface area contributed by atoms with Crippen LogP contribution < -0.4 is 0 Å². The van der Waals surface area contributed by atoms with Crippen molar-refractivity contribution in [2.75, 3.05) is 13.2 Å². The Bertz CT molecular complexity index is 373. The highest BCUT2D eigenvalue weighted by molar-refractivity contribution is 5.91. The molecule has 0 saturated heterocycles. The summed E-state index contributed by atoms with van der Waals surface area (Å²) >= 11 is 0. The lowest BCUT2D eigenvalue weighted by atomic mass is 10.1. The fourth-order valence-electron chi connectivity index (χ4n) is 1.49. The Morgan fingerprint density at radius 3 is 2.39 bits per heavy atom. The summed E-state index contributed by atoms with van der Waals surface area (Å²) < 4.78 is 9.59. The van der Waals surface area contributed by atoms with Crippen molar-refractivity contribution in [2.45, 2.75) is 26.2 Å². The van der Waals surface area contributed by atoms with Gasteiger partial charge < -0.3 is 9.47 Å². The maximum Gasteiger partial charge on any atom is 0.317 e. The number of rotatable bonds is 7. The molecule has 0 radical (unpaired) electrons. The van der Waals surface area contributed by atoms with E-state index in [1.807, 2.05) is 30.3 Å². The minimum absolute atomic E-state index is 0.278. The molecular weight excluding hydrogens is 232 g/mol. The second-order valence-electron chi connectivity index (χ2n) is 3.79. The number of carbonyl (C=O) groups excluding carboxylic acids is 2. The van der Waals surface area contributed by atoms with E-state index in [0.29, 0.717) is 6.61 Å². The topological polar surface area (TPSA) is 52.6 Å². The Morgan fingerprint density at radius 2 is 1.72 bits per heavy atom. The predicted molar refractivity (Wildman–Crippen MR) is 67.0 cm³/mol. The largest absolute Gasteiger partial charge is 0.466 e. The molecule has 4 heteroatoms. The van der Waals surface area contributed by atoms with Gasteiger partial charge in [-0.05, 0) is 25.3 Å². The van der Waals surface area contributed by atoms with Gasteiger partial charge in [-0.25, -0.2) is 0 Å². The molecule has 0 aliphatic heterocycles. The molecule has 0 N–H and O–H groups in total. The Morgan fingerprint density at radius 1 is 1.06 bits per heavy atom. The summed E-state index contributed by atoms with van der Waals surface area (Å²) in [6.45, 7) is 2.30. The number of hydrogen-bond acceptors (Lipinski definition) is 4. The van der Waals surface area contributed by atoms with Crippen LogP contribution in [0, 0.1) is 0 Å². The first-order valence-corrected chi connectivity index (χ1v) is 6.07. The van der Waals surface area contributed by atoms with Crippen LogP contribution in [-0.2, 0) is 25.5 Å². The lowest BCUT2D eigenvalue weighted by Gasteiger charge is -2.04. The zero-order valence-electron chi connectivity index (χ0n) is 10.6. The lowest BCUT2D eigenvalue weighted by molar-refractivity contribution is -0.154. The van der Waals surface area contributed by atoms with Gasteiger partial charge >= 0.3 is 11.9 Å². The predicted octanol–water partition coefficient (Wildman–Crippen LogP) is 2.12. The van der Waals surface area contributed by atoms with Gasteiger partial charge in [0.15, 0.2) is 0 Å². The number of aryl methyl sites for hydroxylation is 1. The van der Waals surface area contributed by atoms with Gasteiger partial charge in [-0.3, -0.25) is 9.59 Å². The van der Waals surface area contributed by atoms with E-state index < -0.39 is 11.9 Å². The van der Waals surface area contributed by atoms with Crippen LogP contribution in [0.3, 0.4) is 0 Å². The van der Waals surface area contributed by atoms with Crippen molar-refractivity contribution in [1.29, 1.82) is 0 Å². The van der Waals surface area contributed by atoms with Crippen LogP contribution in [0.1, 0.15) is 25.3 Å². The Hall–Kier alpha value is -1.84. The number of esters is 2. The van der Waals surface area contributed by atoms with Gasteiger partial charge in [0.1, 0.15) is 6.42 Å². The minimum atomic E-state index is -0.537. The smallest absolute Gasteiger partial charge is 0.317 e. The van der Waals surface area contributed by atoms with Gasteiger partial charge in [0.25, 0.3) is 0 Å². The highest BCUT2D eigenvalue weighted by Crippen LogP contribution is 2.02. The number of benzene rings is 1. The zero-order chi connectivity index (χ0) is 13.2. The summed E-state index contributed by atoms with van der Waals surface area (Å²) in [7, 11) is 0. The molecule has 0 saturated carbocycles. The third-order valence-electron chi connectivity index (χ3n) is 2.31. The highest BCUT2D eigenvalue weighted by atomic mass is 16.6. The quantitative estimate of drug-likeness (QED) is 0.422. The van der Waals surface area contributed by atoms with E-state index in [9.17, 15) is 9.59 Å². The summed E-state index contributed by atoms with van der Waals surface area (Å²) in [5.74, 6) is -1.06. The normalized spacial score (nSPS) is 9.83. The van der Waals surface area contributed by atoms with Gasteiger partial charge in [-0.1, -0.05) is 30.3 Å². The maximum atomic E-state index is 11.2. The molecule has 0 spiro atoms. The van der Waals surface area contributed by atoms with Crippen LogP contribution >= 0.6 is 0 Å². The van der Waals surface area contributed by atoms with Crippen molar-refractivity contribution < 1.29 is 19.1 Å². The van der Waals surface area contributed by atoms with Crippen LogP contribution in [-0.4, -0.2) is 25.2 Å². The summed E-state index contributed by atoms with van der Waals surface area (Å²) in [4.78, 5) is 22.2. The fourth-order valence-corrected chi connectivity index (χ4v) is 1.49. The van der Waals surface area contributed by atoms with E-state index in [1.165, 1.54) is 5.56 Å². The molecule has 0 amide bonds. The fraction of sp³-hybridized carbons (Fsp3) is 0.429. The van der Waals surface area contributed by atoms with Crippen molar-refractivity contribution in [3.63, 3.8) is 0 Å². The van der Waals surface area contributed by atoms with Gasteiger partial charge in [0, 0.05) is 0 Å². The number of hydrogen-bond donors (Lipinski definition) is 0. The molecule has 98 valence electrons. The average Bonchev–Trinajstić information content (AvgIpc) is 2.36. The van der Waals surface area contributed by atoms with E-state index in [4.69, 9.17) is 4.74 Å². The molecule has 0 aliphatic rings. The van der Waals surface area contributed by atoms with Gasteiger partial charge in [0.2, 0.25) is 0 Å². The van der Waals surface area contributed by atoms with Gasteiger partial charge in [-0.2, -0.15) is 0 Å². The minimum Gasteiger partial charge on any atom is -0.466 e. The van der Waals surface area contributed by atoms with Crippen LogP contribution in [0.25, 0.3) is 0 Å². The molecule has 0 aromatic heterocycles. The van der Waals surface area contributed by atoms with Crippen molar-refractivity contribution in [1.82, 2.24) is 0 Å². The second-order valence-corrected chi connectivity index (χ2v) is 3.79. The molecule has 1 aromatic carbocycles. The molecule has 18 heavy (non-hydrogen) atoms. The second kappa shape index (κ2) is 8.28. The van der Waals surface area contributed by atoms with Gasteiger partial charge in [-0.15, -0.1) is 0 Å². The van der Waals surface area contributed by atoms with Crippen LogP contribution in [0.15, 0.2) is 30.3 Å². The van der Waals surface area contributed by atoms with Crippen LogP contribution in [0.4, 0.5) is 0 Å². The van der Waals surface area contributed by atoms with Crippen LogP contribution in [0.5, 0.6) is 0 Å². The lowest BCUT2D eigenvalue weighted by Crippen LogP contribution is -2.14. The maximum absolute atomic E-state index is 11.2. The summed E-state index contributed by atoms with van der Waals surface area (Å²) in [6, 6.07) is 9.97. The number of ether oxygens (including phenoxy) is 2. The molecule has 0 bridgehead atoms. The monoisotopic (exact) mass is 250 g/mol. The first kappa shape index (κ1) is 14.2. The third-order valence-corrected chi connectivity index (χ3v) is 2.31. The summed E-state index contributed by atoms with van der Waals surface area (Å²) in [5.41, 5.74) is 1.21. The standard InChI is InChI=1S/C14H18O4/c1-2-17-13(15)11-14(16)18-10-6-9-12-7-4-3-5-8-12/h3-5,7-8H,2,6,9-11H2,1H3. The highest BCUT2D eigenvalue weighted by Gasteiger charge is 2.10. The molecule has 4 nitrogen and oxygen atoms in total. The molecular formula is C14H18O4. The first-order valence-electron chi connectivity index (χ1n) is 6.07. The SMILES string of the molecule is CCOC(=O)CC(=O)OCCCc1ccccc1. The van der Waals surface area contributed by atoms with Crippen LogP contribution in [0.2, 0.25) is 0 Å². The van der Waals surface area contributed by atoms with E-state index >= 15 is 0 Å². The van der Waals surface area contributed by atoms with E-state index in [2.05, 4.69) is 4.74 Å². The van der Waals surface area contributed by atoms with E-state index in [1.54, 1.807) is 6.92 Å². The molecule has 0 heterocycles. The zero-order valence-corrected chi connectivity index (χ0v) is 10.6. The first-order chi connectivity index (χ1) is 8.72. The van der Waals surface area contributed by atoms with Crippen molar-refractivity contribution in [3.05, 3.63) is 35.9 Å². The van der Waals surface area contributed by atoms with E-state index in [-0.39, 0.29) is 13.0 Å². The van der Waals surface area contributed by atoms with Crippen molar-refractivity contribution >= 4 is 11.9 Å². The molecule has 1 aromatic rings. The summed E-state index contributed by atoms with van der Waals surface area (Å²) in [5, 5.41) is 0. The molecule has 0 unspecified atom stereocenters. The Kier molecular flexibility index (Phi) is 6.54. The van der Waals surface area contributed by atoms with E-state index in [0.717, 1.165) is 12.8 Å². The van der Waals surface area contributed by atoms with Crippen molar-refractivity contribution in [2.24, 2.45) is 0 Å². The van der Waals surface area contributed by atoms with Crippen molar-refractivity contribution in [3.8, 4) is 0 Å². The number of carbonyl (C=O) groups is 2. The Labute approximate surface area is 107 Å². The molecule has 0 fully saturated rings. The molecule has 0 atom stereocenters. The van der Waals surface area contributed by atoms with Gasteiger partial charge in [0.05, 0.1) is 13.2 Å². The molecule has 1 rings (SSSR count). The molecule has 0 aliphatic carbocycles. The summed E-state index contributed by atoms with van der Waals surface area (Å²) in [6.07, 6.45) is 1.30. The third kappa shape index (κ3) is 6.03. The average molecular weight is 250 g/mol. The Balaban J connectivity index is 2.11.